The van der Waals surface area contributed by atoms with Crippen LogP contribution in [0, 0.1) is 0 Å². The Morgan fingerprint density at radius 3 is 2.84 bits per heavy atom. The van der Waals surface area contributed by atoms with Crippen LogP contribution in [0.1, 0.15) is 10.6 Å². The number of rotatable bonds is 5. The molecule has 5 heteroatoms. The molecule has 1 N–H and O–H groups in total. The molecule has 0 aliphatic rings. The minimum absolute atomic E-state index is 0.266. The molecule has 3 nitrogen and oxygen atoms in total. The Morgan fingerprint density at radius 1 is 1.37 bits per heavy atom. The molecular weight excluding hydrogens is 326 g/mol. The maximum atomic E-state index is 12.0. The normalized spacial score (nSPS) is 10.2. The van der Waals surface area contributed by atoms with E-state index in [1.54, 1.807) is 23.9 Å². The molecular formula is C14H12BrNO2S. The third kappa shape index (κ3) is 3.75. The molecule has 1 amide bonds. The molecule has 0 spiro atoms. The van der Waals surface area contributed by atoms with Crippen LogP contribution in [0.15, 0.2) is 63.0 Å². The highest BCUT2D eigenvalue weighted by Gasteiger charge is 2.12. The van der Waals surface area contributed by atoms with Gasteiger partial charge in [0.05, 0.1) is 5.69 Å². The number of benzene rings is 1. The molecule has 0 saturated carbocycles. The van der Waals surface area contributed by atoms with E-state index in [0.29, 0.717) is 4.67 Å². The van der Waals surface area contributed by atoms with E-state index in [9.17, 15) is 4.79 Å². The molecule has 0 unspecified atom stereocenters. The first-order chi connectivity index (χ1) is 9.20. The zero-order chi connectivity index (χ0) is 13.7. The lowest BCUT2D eigenvalue weighted by Gasteiger charge is -2.08. The molecule has 2 rings (SSSR count). The highest BCUT2D eigenvalue weighted by molar-refractivity contribution is 9.10. The number of anilines is 1. The van der Waals surface area contributed by atoms with Crippen molar-refractivity contribution in [2.75, 3.05) is 11.1 Å². The summed E-state index contributed by atoms with van der Waals surface area (Å²) in [7, 11) is 0. The van der Waals surface area contributed by atoms with Crippen LogP contribution < -0.4 is 5.32 Å². The van der Waals surface area contributed by atoms with Crippen LogP contribution in [0.2, 0.25) is 0 Å². The Kier molecular flexibility index (Phi) is 4.87. The van der Waals surface area contributed by atoms with Gasteiger partial charge in [0, 0.05) is 10.6 Å². The van der Waals surface area contributed by atoms with Crippen molar-refractivity contribution in [3.05, 3.63) is 59.5 Å². The fourth-order valence-corrected chi connectivity index (χ4v) is 2.52. The van der Waals surface area contributed by atoms with Gasteiger partial charge < -0.3 is 9.73 Å². The van der Waals surface area contributed by atoms with Gasteiger partial charge in [0.15, 0.2) is 10.4 Å². The Balaban J connectivity index is 2.14. The van der Waals surface area contributed by atoms with Crippen LogP contribution >= 0.6 is 27.7 Å². The molecule has 0 aliphatic heterocycles. The summed E-state index contributed by atoms with van der Waals surface area (Å²) in [6.07, 6.45) is 1.83. The van der Waals surface area contributed by atoms with E-state index in [1.807, 2.05) is 30.3 Å². The van der Waals surface area contributed by atoms with E-state index in [1.165, 1.54) is 0 Å². The number of carbonyl (C=O) groups is 1. The van der Waals surface area contributed by atoms with E-state index in [0.717, 1.165) is 16.3 Å². The molecule has 1 aromatic heterocycles. The van der Waals surface area contributed by atoms with Crippen LogP contribution in [-0.4, -0.2) is 11.7 Å². The Labute approximate surface area is 124 Å². The quantitative estimate of drug-likeness (QED) is 0.641. The predicted octanol–water partition coefficient (Wildman–Crippen LogP) is 4.57. The predicted molar refractivity (Wildman–Crippen MR) is 81.7 cm³/mol. The van der Waals surface area contributed by atoms with Crippen molar-refractivity contribution in [1.82, 2.24) is 0 Å². The second-order valence-corrected chi connectivity index (χ2v) is 5.50. The first-order valence-electron chi connectivity index (χ1n) is 5.60. The van der Waals surface area contributed by atoms with Gasteiger partial charge >= 0.3 is 0 Å². The summed E-state index contributed by atoms with van der Waals surface area (Å²) in [6, 6.07) is 10.9. The summed E-state index contributed by atoms with van der Waals surface area (Å²) in [5.41, 5.74) is 0.770. The summed E-state index contributed by atoms with van der Waals surface area (Å²) in [5, 5.41) is 2.84. The van der Waals surface area contributed by atoms with E-state index >= 15 is 0 Å². The minimum atomic E-state index is -0.266. The van der Waals surface area contributed by atoms with Crippen molar-refractivity contribution in [2.45, 2.75) is 4.90 Å². The summed E-state index contributed by atoms with van der Waals surface area (Å²) >= 11 is 4.79. The van der Waals surface area contributed by atoms with Crippen LogP contribution in [0.5, 0.6) is 0 Å². The van der Waals surface area contributed by atoms with Crippen molar-refractivity contribution in [3.63, 3.8) is 0 Å². The van der Waals surface area contributed by atoms with Crippen molar-refractivity contribution >= 4 is 39.3 Å². The Morgan fingerprint density at radius 2 is 2.16 bits per heavy atom. The molecule has 1 aromatic carbocycles. The summed E-state index contributed by atoms with van der Waals surface area (Å²) in [5.74, 6) is 0.798. The van der Waals surface area contributed by atoms with Gasteiger partial charge in [0.25, 0.3) is 5.91 Å². The molecule has 19 heavy (non-hydrogen) atoms. The average molecular weight is 338 g/mol. The van der Waals surface area contributed by atoms with Crippen molar-refractivity contribution in [1.29, 1.82) is 0 Å². The van der Waals surface area contributed by atoms with Gasteiger partial charge in [-0.3, -0.25) is 4.79 Å². The first-order valence-corrected chi connectivity index (χ1v) is 7.38. The third-order valence-electron chi connectivity index (χ3n) is 2.29. The highest BCUT2D eigenvalue weighted by Crippen LogP contribution is 2.27. The van der Waals surface area contributed by atoms with E-state index in [2.05, 4.69) is 27.8 Å². The molecule has 98 valence electrons. The average Bonchev–Trinajstić information content (AvgIpc) is 2.84. The number of thioether (sulfide) groups is 1. The van der Waals surface area contributed by atoms with Crippen LogP contribution in [0.4, 0.5) is 5.69 Å². The summed E-state index contributed by atoms with van der Waals surface area (Å²) in [4.78, 5) is 13.0. The number of halogens is 1. The number of hydrogen-bond donors (Lipinski definition) is 1. The fraction of sp³-hybridized carbons (Fsp3) is 0.0714. The minimum Gasteiger partial charge on any atom is -0.444 e. The molecule has 2 aromatic rings. The number of para-hydroxylation sites is 1. The molecule has 0 atom stereocenters. The smallest absolute Gasteiger partial charge is 0.291 e. The maximum Gasteiger partial charge on any atom is 0.291 e. The number of amides is 1. The van der Waals surface area contributed by atoms with Crippen LogP contribution in [-0.2, 0) is 0 Å². The molecule has 1 heterocycles. The summed E-state index contributed by atoms with van der Waals surface area (Å²) < 4.78 is 5.75. The lowest BCUT2D eigenvalue weighted by Crippen LogP contribution is -2.11. The molecule has 0 saturated heterocycles. The molecule has 0 bridgehead atoms. The third-order valence-corrected chi connectivity index (χ3v) is 3.78. The van der Waals surface area contributed by atoms with Crippen LogP contribution in [0.25, 0.3) is 0 Å². The van der Waals surface area contributed by atoms with E-state index in [4.69, 9.17) is 4.42 Å². The van der Waals surface area contributed by atoms with Crippen molar-refractivity contribution in [3.8, 4) is 0 Å². The molecule has 0 radical (unpaired) electrons. The second-order valence-electron chi connectivity index (χ2n) is 3.65. The van der Waals surface area contributed by atoms with Gasteiger partial charge in [-0.25, -0.2) is 0 Å². The zero-order valence-corrected chi connectivity index (χ0v) is 12.5. The lowest BCUT2D eigenvalue weighted by molar-refractivity contribution is 0.0995. The Hall–Kier alpha value is -1.46. The van der Waals surface area contributed by atoms with E-state index < -0.39 is 0 Å². The van der Waals surface area contributed by atoms with Gasteiger partial charge in [-0.1, -0.05) is 18.2 Å². The fourth-order valence-electron chi connectivity index (χ4n) is 1.46. The van der Waals surface area contributed by atoms with Gasteiger partial charge in [0.1, 0.15) is 0 Å². The second kappa shape index (κ2) is 6.63. The van der Waals surface area contributed by atoms with Crippen molar-refractivity contribution < 1.29 is 9.21 Å². The molecule has 0 fully saturated rings. The Bertz CT molecular complexity index is 595. The van der Waals surface area contributed by atoms with Gasteiger partial charge in [-0.15, -0.1) is 18.3 Å². The monoisotopic (exact) mass is 337 g/mol. The summed E-state index contributed by atoms with van der Waals surface area (Å²) in [6.45, 7) is 3.69. The standard InChI is InChI=1S/C14H12BrNO2S/c1-2-9-19-12-6-4-3-5-10(12)16-14(17)11-7-8-13(15)18-11/h2-8H,1,9H2,(H,16,17). The number of furan rings is 1. The largest absolute Gasteiger partial charge is 0.444 e. The highest BCUT2D eigenvalue weighted by atomic mass is 79.9. The maximum absolute atomic E-state index is 12.0. The van der Waals surface area contributed by atoms with Gasteiger partial charge in [-0.2, -0.15) is 0 Å². The molecule has 0 aliphatic carbocycles. The van der Waals surface area contributed by atoms with Gasteiger partial charge in [0.2, 0.25) is 0 Å². The van der Waals surface area contributed by atoms with Crippen LogP contribution in [0.3, 0.4) is 0 Å². The zero-order valence-electron chi connectivity index (χ0n) is 10.1. The van der Waals surface area contributed by atoms with E-state index in [-0.39, 0.29) is 11.7 Å². The number of nitrogens with one attached hydrogen (secondary N) is 1. The first kappa shape index (κ1) is 14.0. The lowest BCUT2D eigenvalue weighted by atomic mass is 10.3. The van der Waals surface area contributed by atoms with Crippen molar-refractivity contribution in [2.24, 2.45) is 0 Å². The number of carbonyl (C=O) groups excluding carboxylic acids is 1. The number of hydrogen-bond acceptors (Lipinski definition) is 3. The SMILES string of the molecule is C=CCSc1ccccc1NC(=O)c1ccc(Br)o1. The topological polar surface area (TPSA) is 42.2 Å². The van der Waals surface area contributed by atoms with Gasteiger partial charge in [-0.05, 0) is 40.2 Å².